The number of ether oxygens (including phenoxy) is 1. The normalized spacial score (nSPS) is 13.0. The number of carbonyl (C=O) groups excluding carboxylic acids is 2. The molecule has 2 aromatic heterocycles. The van der Waals surface area contributed by atoms with Crippen LogP contribution in [0.3, 0.4) is 0 Å². The molecule has 43 heavy (non-hydrogen) atoms. The van der Waals surface area contributed by atoms with Crippen LogP contribution in [-0.4, -0.2) is 47.2 Å². The highest BCUT2D eigenvalue weighted by Crippen LogP contribution is 2.34. The second-order valence-electron chi connectivity index (χ2n) is 9.68. The molecule has 0 aliphatic carbocycles. The second-order valence-corrected chi connectivity index (χ2v) is 10.1. The van der Waals surface area contributed by atoms with Crippen LogP contribution in [0.15, 0.2) is 54.9 Å². The fraction of sp³-hybridized carbons (Fsp3) is 0.267. The molecule has 0 radical (unpaired) electrons. The largest absolute Gasteiger partial charge is 0.467 e. The number of aryl methyl sites for hydroxylation is 1. The summed E-state index contributed by atoms with van der Waals surface area (Å²) in [6.45, 7) is 3.09. The number of methoxy groups -OCH3 is 1. The van der Waals surface area contributed by atoms with E-state index in [-0.39, 0.29) is 6.42 Å². The smallest absolute Gasteiger partial charge is 0.408 e. The number of aromatic nitrogens is 2. The Morgan fingerprint density at radius 3 is 2.37 bits per heavy atom. The predicted molar refractivity (Wildman–Crippen MR) is 152 cm³/mol. The molecule has 0 unspecified atom stereocenters. The number of halogens is 6. The first-order valence-electron chi connectivity index (χ1n) is 13.0. The summed E-state index contributed by atoms with van der Waals surface area (Å²) in [5, 5.41) is 5.36. The SMILES string of the molecule is CC[C@@H](Nc1cc(F)c(C(=O)N[C@@H](Cc2ccc(-c3nccc(C)c3Cl)c3ncccc23)C(=O)OC)c(F)c1)C(F)(F)F. The van der Waals surface area contributed by atoms with E-state index in [1.54, 1.807) is 42.7 Å². The summed E-state index contributed by atoms with van der Waals surface area (Å²) >= 11 is 6.50. The number of anilines is 1. The van der Waals surface area contributed by atoms with Gasteiger partial charge in [0.2, 0.25) is 0 Å². The van der Waals surface area contributed by atoms with Gasteiger partial charge in [-0.3, -0.25) is 14.8 Å². The number of hydrogen-bond donors (Lipinski definition) is 2. The van der Waals surface area contributed by atoms with E-state index in [1.807, 2.05) is 12.2 Å². The molecule has 2 aromatic carbocycles. The summed E-state index contributed by atoms with van der Waals surface area (Å²) in [5.41, 5.74) is 1.43. The fourth-order valence-electron chi connectivity index (χ4n) is 4.60. The highest BCUT2D eigenvalue weighted by Gasteiger charge is 2.38. The Morgan fingerprint density at radius 2 is 1.74 bits per heavy atom. The number of benzene rings is 2. The first-order valence-corrected chi connectivity index (χ1v) is 13.4. The quantitative estimate of drug-likeness (QED) is 0.158. The summed E-state index contributed by atoms with van der Waals surface area (Å²) in [6, 6.07) is 6.31. The number of esters is 1. The Bertz CT molecular complexity index is 1660. The highest BCUT2D eigenvalue weighted by atomic mass is 35.5. The molecule has 0 saturated heterocycles. The lowest BCUT2D eigenvalue weighted by molar-refractivity contribution is -0.143. The molecule has 13 heteroatoms. The van der Waals surface area contributed by atoms with Crippen molar-refractivity contribution >= 4 is 40.1 Å². The number of nitrogens with zero attached hydrogens (tertiary/aromatic N) is 2. The van der Waals surface area contributed by atoms with Crippen molar-refractivity contribution in [1.29, 1.82) is 0 Å². The van der Waals surface area contributed by atoms with Gasteiger partial charge in [0.1, 0.15) is 29.3 Å². The summed E-state index contributed by atoms with van der Waals surface area (Å²) in [4.78, 5) is 34.5. The van der Waals surface area contributed by atoms with Crippen molar-refractivity contribution in [3.8, 4) is 11.3 Å². The van der Waals surface area contributed by atoms with E-state index in [4.69, 9.17) is 16.3 Å². The van der Waals surface area contributed by atoms with Gasteiger partial charge in [0, 0.05) is 35.5 Å². The summed E-state index contributed by atoms with van der Waals surface area (Å²) in [5.74, 6) is -5.02. The molecule has 226 valence electrons. The minimum absolute atomic E-state index is 0.150. The lowest BCUT2D eigenvalue weighted by Crippen LogP contribution is -2.43. The van der Waals surface area contributed by atoms with Crippen LogP contribution >= 0.6 is 11.6 Å². The third-order valence-corrected chi connectivity index (χ3v) is 7.30. The number of nitrogens with one attached hydrogen (secondary N) is 2. The van der Waals surface area contributed by atoms with Gasteiger partial charge in [0.15, 0.2) is 0 Å². The van der Waals surface area contributed by atoms with Gasteiger partial charge in [0.25, 0.3) is 5.91 Å². The van der Waals surface area contributed by atoms with Crippen molar-refractivity contribution in [1.82, 2.24) is 15.3 Å². The highest BCUT2D eigenvalue weighted by molar-refractivity contribution is 6.34. The van der Waals surface area contributed by atoms with E-state index < -0.39 is 59.4 Å². The van der Waals surface area contributed by atoms with Gasteiger partial charge in [-0.1, -0.05) is 36.7 Å². The number of alkyl halides is 3. The van der Waals surface area contributed by atoms with E-state index in [2.05, 4.69) is 15.3 Å². The molecule has 4 rings (SSSR count). The molecule has 0 bridgehead atoms. The predicted octanol–water partition coefficient (Wildman–Crippen LogP) is 6.80. The third-order valence-electron chi connectivity index (χ3n) is 6.83. The first kappa shape index (κ1) is 31.6. The Labute approximate surface area is 248 Å². The molecule has 0 aliphatic rings. The number of hydrogen-bond acceptors (Lipinski definition) is 6. The van der Waals surface area contributed by atoms with Crippen molar-refractivity contribution in [3.63, 3.8) is 0 Å². The average molecular weight is 621 g/mol. The Kier molecular flexibility index (Phi) is 9.49. The molecule has 2 atom stereocenters. The number of fused-ring (bicyclic) bond motifs is 1. The molecule has 0 fully saturated rings. The van der Waals surface area contributed by atoms with Crippen LogP contribution in [0.4, 0.5) is 27.6 Å². The molecule has 1 amide bonds. The third kappa shape index (κ3) is 6.85. The van der Waals surface area contributed by atoms with Crippen molar-refractivity contribution < 1.29 is 36.3 Å². The molecular formula is C30H26ClF5N4O3. The van der Waals surface area contributed by atoms with Gasteiger partial charge in [-0.25, -0.2) is 13.6 Å². The first-order chi connectivity index (χ1) is 20.3. The van der Waals surface area contributed by atoms with Gasteiger partial charge >= 0.3 is 12.1 Å². The lowest BCUT2D eigenvalue weighted by Gasteiger charge is -2.22. The van der Waals surface area contributed by atoms with Crippen LogP contribution in [0.2, 0.25) is 5.02 Å². The van der Waals surface area contributed by atoms with Gasteiger partial charge < -0.3 is 15.4 Å². The minimum Gasteiger partial charge on any atom is -0.467 e. The maximum absolute atomic E-state index is 14.9. The van der Waals surface area contributed by atoms with Gasteiger partial charge in [-0.05, 0) is 48.7 Å². The van der Waals surface area contributed by atoms with E-state index in [0.29, 0.717) is 44.9 Å². The number of amides is 1. The number of carbonyl (C=O) groups is 2. The fourth-order valence-corrected chi connectivity index (χ4v) is 4.82. The Hall–Kier alpha value is -4.32. The van der Waals surface area contributed by atoms with Crippen LogP contribution in [0.1, 0.15) is 34.8 Å². The van der Waals surface area contributed by atoms with Crippen LogP contribution in [0.25, 0.3) is 22.2 Å². The molecule has 0 saturated carbocycles. The Morgan fingerprint density at radius 1 is 1.05 bits per heavy atom. The number of rotatable bonds is 9. The Balaban J connectivity index is 1.65. The minimum atomic E-state index is -4.66. The average Bonchev–Trinajstić information content (AvgIpc) is 2.96. The zero-order valence-corrected chi connectivity index (χ0v) is 23.9. The summed E-state index contributed by atoms with van der Waals surface area (Å²) < 4.78 is 73.9. The lowest BCUT2D eigenvalue weighted by atomic mass is 9.96. The van der Waals surface area contributed by atoms with E-state index in [0.717, 1.165) is 12.7 Å². The van der Waals surface area contributed by atoms with Crippen LogP contribution in [0.5, 0.6) is 0 Å². The summed E-state index contributed by atoms with van der Waals surface area (Å²) in [6.07, 6.45) is -2.02. The van der Waals surface area contributed by atoms with Crippen molar-refractivity contribution in [3.05, 3.63) is 88.2 Å². The molecule has 0 aliphatic heterocycles. The van der Waals surface area contributed by atoms with Crippen LogP contribution in [0, 0.1) is 18.6 Å². The molecule has 2 heterocycles. The maximum atomic E-state index is 14.9. The van der Waals surface area contributed by atoms with Crippen LogP contribution in [-0.2, 0) is 16.0 Å². The summed E-state index contributed by atoms with van der Waals surface area (Å²) in [7, 11) is 1.09. The van der Waals surface area contributed by atoms with Crippen molar-refractivity contribution in [2.24, 2.45) is 0 Å². The van der Waals surface area contributed by atoms with Gasteiger partial charge in [-0.15, -0.1) is 0 Å². The molecule has 2 N–H and O–H groups in total. The zero-order chi connectivity index (χ0) is 31.5. The molecule has 0 spiro atoms. The maximum Gasteiger partial charge on any atom is 0.408 e. The topological polar surface area (TPSA) is 93.2 Å². The molecule has 7 nitrogen and oxygen atoms in total. The van der Waals surface area contributed by atoms with Crippen LogP contribution < -0.4 is 10.6 Å². The van der Waals surface area contributed by atoms with Gasteiger partial charge in [0.05, 0.1) is 23.3 Å². The van der Waals surface area contributed by atoms with E-state index in [9.17, 15) is 31.5 Å². The van der Waals surface area contributed by atoms with Crippen molar-refractivity contribution in [2.45, 2.75) is 44.9 Å². The number of pyridine rings is 2. The second kappa shape index (κ2) is 12.9. The van der Waals surface area contributed by atoms with Gasteiger partial charge in [-0.2, -0.15) is 13.2 Å². The monoisotopic (exact) mass is 620 g/mol. The zero-order valence-electron chi connectivity index (χ0n) is 23.2. The molecular weight excluding hydrogens is 595 g/mol. The standard InChI is InChI=1S/C30H26ClF5N4O3/c1-4-23(30(34,35)36)39-17-13-20(32)24(21(33)14-17)28(41)40-22(29(42)43-3)12-16-7-8-19(26-18(16)6-5-10-37-26)27-25(31)15(2)9-11-38-27/h5-11,13-14,22-23,39H,4,12H2,1-3H3,(H,40,41)/t22-,23+/m0/s1. The molecule has 4 aromatic rings. The van der Waals surface area contributed by atoms with E-state index in [1.165, 1.54) is 6.92 Å². The van der Waals surface area contributed by atoms with Crippen molar-refractivity contribution in [2.75, 3.05) is 12.4 Å². The van der Waals surface area contributed by atoms with E-state index >= 15 is 0 Å².